The van der Waals surface area contributed by atoms with Crippen LogP contribution in [0.3, 0.4) is 0 Å². The van der Waals surface area contributed by atoms with Gasteiger partial charge in [-0.25, -0.2) is 0 Å². The van der Waals surface area contributed by atoms with Crippen molar-refractivity contribution in [3.63, 3.8) is 0 Å². The second kappa shape index (κ2) is 5.58. The second-order valence-electron chi connectivity index (χ2n) is 4.26. The molecule has 1 nitrogen and oxygen atoms in total. The molecule has 1 saturated carbocycles. The topological polar surface area (TPSA) is 26.0 Å². The largest absolute Gasteiger partial charge is 0.330 e. The molecule has 1 heteroatoms. The Morgan fingerprint density at radius 1 is 1.08 bits per heavy atom. The molecule has 1 fully saturated rings. The third-order valence-corrected chi connectivity index (χ3v) is 3.24. The average molecular weight is 169 g/mol. The predicted octanol–water partition coefficient (Wildman–Crippen LogP) is 2.94. The van der Waals surface area contributed by atoms with Crippen LogP contribution < -0.4 is 5.73 Å². The zero-order valence-corrected chi connectivity index (χ0v) is 8.39. The van der Waals surface area contributed by atoms with Crippen molar-refractivity contribution in [3.05, 3.63) is 0 Å². The van der Waals surface area contributed by atoms with Gasteiger partial charge in [-0.1, -0.05) is 39.0 Å². The molecule has 0 bridgehead atoms. The lowest BCUT2D eigenvalue weighted by molar-refractivity contribution is 0.409. The van der Waals surface area contributed by atoms with Gasteiger partial charge < -0.3 is 5.73 Å². The molecule has 0 aliphatic heterocycles. The van der Waals surface area contributed by atoms with E-state index in [0.717, 1.165) is 18.4 Å². The molecule has 2 N–H and O–H groups in total. The zero-order valence-electron chi connectivity index (χ0n) is 8.39. The SMILES string of the molecule is CCCC1CCCC(CN)CC1. The van der Waals surface area contributed by atoms with Gasteiger partial charge in [0.05, 0.1) is 0 Å². The van der Waals surface area contributed by atoms with Crippen molar-refractivity contribution < 1.29 is 0 Å². The van der Waals surface area contributed by atoms with E-state index < -0.39 is 0 Å². The van der Waals surface area contributed by atoms with Gasteiger partial charge >= 0.3 is 0 Å². The Bertz CT molecular complexity index is 112. The quantitative estimate of drug-likeness (QED) is 0.646. The normalized spacial score (nSPS) is 31.5. The molecule has 0 radical (unpaired) electrons. The molecule has 12 heavy (non-hydrogen) atoms. The molecule has 2 atom stereocenters. The Labute approximate surface area is 76.7 Å². The van der Waals surface area contributed by atoms with Crippen molar-refractivity contribution in [1.82, 2.24) is 0 Å². The number of hydrogen-bond donors (Lipinski definition) is 1. The van der Waals surface area contributed by atoms with Gasteiger partial charge in [-0.15, -0.1) is 0 Å². The van der Waals surface area contributed by atoms with Crippen LogP contribution in [0.15, 0.2) is 0 Å². The summed E-state index contributed by atoms with van der Waals surface area (Å²) < 4.78 is 0. The fourth-order valence-electron chi connectivity index (χ4n) is 2.39. The molecule has 0 spiro atoms. The Morgan fingerprint density at radius 2 is 1.75 bits per heavy atom. The third kappa shape index (κ3) is 3.14. The van der Waals surface area contributed by atoms with E-state index in [1.807, 2.05) is 0 Å². The van der Waals surface area contributed by atoms with Gasteiger partial charge in [-0.3, -0.25) is 0 Å². The number of nitrogens with two attached hydrogens (primary N) is 1. The van der Waals surface area contributed by atoms with E-state index in [0.29, 0.717) is 0 Å². The summed E-state index contributed by atoms with van der Waals surface area (Å²) in [7, 11) is 0. The zero-order chi connectivity index (χ0) is 8.81. The summed E-state index contributed by atoms with van der Waals surface area (Å²) in [6.45, 7) is 3.21. The lowest BCUT2D eigenvalue weighted by atomic mass is 9.94. The minimum atomic E-state index is 0.840. The summed E-state index contributed by atoms with van der Waals surface area (Å²) in [5.74, 6) is 1.86. The lowest BCUT2D eigenvalue weighted by Crippen LogP contribution is -2.13. The first-order valence-corrected chi connectivity index (χ1v) is 5.56. The van der Waals surface area contributed by atoms with E-state index in [9.17, 15) is 0 Å². The monoisotopic (exact) mass is 169 g/mol. The Morgan fingerprint density at radius 3 is 2.42 bits per heavy atom. The van der Waals surface area contributed by atoms with Crippen molar-refractivity contribution in [2.45, 2.75) is 51.9 Å². The molecule has 0 aromatic heterocycles. The second-order valence-corrected chi connectivity index (χ2v) is 4.26. The molecule has 72 valence electrons. The van der Waals surface area contributed by atoms with Gasteiger partial charge in [0.2, 0.25) is 0 Å². The highest BCUT2D eigenvalue weighted by atomic mass is 14.5. The standard InChI is InChI=1S/C11H23N/c1-2-4-10-5-3-6-11(9-12)8-7-10/h10-11H,2-9,12H2,1H3. The summed E-state index contributed by atoms with van der Waals surface area (Å²) in [5, 5.41) is 0. The van der Waals surface area contributed by atoms with Gasteiger partial charge in [0.25, 0.3) is 0 Å². The van der Waals surface area contributed by atoms with Crippen LogP contribution in [0.25, 0.3) is 0 Å². The van der Waals surface area contributed by atoms with Crippen LogP contribution in [0.2, 0.25) is 0 Å². The summed E-state index contributed by atoms with van der Waals surface area (Å²) in [4.78, 5) is 0. The van der Waals surface area contributed by atoms with Crippen LogP contribution in [-0.2, 0) is 0 Å². The summed E-state index contributed by atoms with van der Waals surface area (Å²) in [5.41, 5.74) is 5.69. The van der Waals surface area contributed by atoms with E-state index in [1.165, 1.54) is 44.9 Å². The maximum atomic E-state index is 5.69. The minimum absolute atomic E-state index is 0.840. The maximum absolute atomic E-state index is 5.69. The highest BCUT2D eigenvalue weighted by Gasteiger charge is 2.16. The molecule has 0 heterocycles. The fourth-order valence-corrected chi connectivity index (χ4v) is 2.39. The van der Waals surface area contributed by atoms with E-state index in [1.54, 1.807) is 0 Å². The molecule has 0 aromatic rings. The lowest BCUT2D eigenvalue weighted by Gasteiger charge is -2.12. The molecule has 1 aliphatic rings. The van der Waals surface area contributed by atoms with Crippen molar-refractivity contribution in [3.8, 4) is 0 Å². The fraction of sp³-hybridized carbons (Fsp3) is 1.00. The summed E-state index contributed by atoms with van der Waals surface area (Å²) in [6.07, 6.45) is 9.90. The maximum Gasteiger partial charge on any atom is -0.00489 e. The molecular weight excluding hydrogens is 146 g/mol. The van der Waals surface area contributed by atoms with E-state index in [2.05, 4.69) is 6.92 Å². The van der Waals surface area contributed by atoms with Crippen molar-refractivity contribution in [2.24, 2.45) is 17.6 Å². The molecule has 2 unspecified atom stereocenters. The first-order chi connectivity index (χ1) is 5.86. The van der Waals surface area contributed by atoms with Gasteiger partial charge in [0, 0.05) is 0 Å². The van der Waals surface area contributed by atoms with Crippen LogP contribution in [0.4, 0.5) is 0 Å². The molecular formula is C11H23N. The Hall–Kier alpha value is -0.0400. The van der Waals surface area contributed by atoms with Crippen LogP contribution in [0, 0.1) is 11.8 Å². The smallest absolute Gasteiger partial charge is 0.00489 e. The molecule has 1 rings (SSSR count). The van der Waals surface area contributed by atoms with E-state index >= 15 is 0 Å². The van der Waals surface area contributed by atoms with E-state index in [4.69, 9.17) is 5.73 Å². The predicted molar refractivity (Wildman–Crippen MR) is 54.0 cm³/mol. The molecule has 0 amide bonds. The van der Waals surface area contributed by atoms with Crippen molar-refractivity contribution in [1.29, 1.82) is 0 Å². The molecule has 1 aliphatic carbocycles. The Balaban J connectivity index is 2.24. The first kappa shape index (κ1) is 10.0. The van der Waals surface area contributed by atoms with Crippen molar-refractivity contribution >= 4 is 0 Å². The highest BCUT2D eigenvalue weighted by molar-refractivity contribution is 4.70. The van der Waals surface area contributed by atoms with Gasteiger partial charge in [-0.2, -0.15) is 0 Å². The van der Waals surface area contributed by atoms with Crippen LogP contribution in [0.5, 0.6) is 0 Å². The number of hydrogen-bond acceptors (Lipinski definition) is 1. The minimum Gasteiger partial charge on any atom is -0.330 e. The Kier molecular flexibility index (Phi) is 4.67. The highest BCUT2D eigenvalue weighted by Crippen LogP contribution is 2.29. The van der Waals surface area contributed by atoms with Crippen LogP contribution in [-0.4, -0.2) is 6.54 Å². The van der Waals surface area contributed by atoms with Gasteiger partial charge in [0.1, 0.15) is 0 Å². The van der Waals surface area contributed by atoms with Gasteiger partial charge in [-0.05, 0) is 31.2 Å². The van der Waals surface area contributed by atoms with Crippen LogP contribution >= 0.6 is 0 Å². The average Bonchev–Trinajstić information content (AvgIpc) is 2.31. The van der Waals surface area contributed by atoms with E-state index in [-0.39, 0.29) is 0 Å². The molecule has 0 aromatic carbocycles. The summed E-state index contributed by atoms with van der Waals surface area (Å²) >= 11 is 0. The summed E-state index contributed by atoms with van der Waals surface area (Å²) in [6, 6.07) is 0. The molecule has 0 saturated heterocycles. The van der Waals surface area contributed by atoms with Gasteiger partial charge in [0.15, 0.2) is 0 Å². The number of rotatable bonds is 3. The van der Waals surface area contributed by atoms with Crippen molar-refractivity contribution in [2.75, 3.05) is 6.54 Å². The van der Waals surface area contributed by atoms with Crippen LogP contribution in [0.1, 0.15) is 51.9 Å². The third-order valence-electron chi connectivity index (χ3n) is 3.24. The first-order valence-electron chi connectivity index (χ1n) is 5.56.